The average Bonchev–Trinajstić information content (AvgIpc) is 3.31. The van der Waals surface area contributed by atoms with Crippen molar-refractivity contribution in [2.24, 2.45) is 5.92 Å². The van der Waals surface area contributed by atoms with Crippen molar-refractivity contribution in [1.29, 1.82) is 0 Å². The smallest absolute Gasteiger partial charge is 0.322 e. The van der Waals surface area contributed by atoms with Crippen LogP contribution in [0.2, 0.25) is 0 Å². The van der Waals surface area contributed by atoms with Crippen molar-refractivity contribution in [2.45, 2.75) is 50.0 Å². The summed E-state index contributed by atoms with van der Waals surface area (Å²) in [6.45, 7) is 1.71. The Kier molecular flexibility index (Phi) is 5.15. The number of aryl methyl sites for hydroxylation is 2. The molecule has 0 saturated heterocycles. The molecule has 0 spiro atoms. The van der Waals surface area contributed by atoms with Crippen LogP contribution in [0.4, 0.5) is 10.6 Å². The van der Waals surface area contributed by atoms with Crippen molar-refractivity contribution in [3.05, 3.63) is 53.5 Å². The van der Waals surface area contributed by atoms with Gasteiger partial charge in [0.2, 0.25) is 0 Å². The van der Waals surface area contributed by atoms with Crippen LogP contribution < -0.4 is 5.32 Å². The van der Waals surface area contributed by atoms with Crippen LogP contribution in [0, 0.1) is 5.92 Å². The summed E-state index contributed by atoms with van der Waals surface area (Å²) in [6, 6.07) is 6.95. The zero-order chi connectivity index (χ0) is 23.5. The summed E-state index contributed by atoms with van der Waals surface area (Å²) in [7, 11) is 3.28. The predicted octanol–water partition coefficient (Wildman–Crippen LogP) is 1.81. The first kappa shape index (κ1) is 21.8. The van der Waals surface area contributed by atoms with Crippen molar-refractivity contribution in [2.75, 3.05) is 19.4 Å². The van der Waals surface area contributed by atoms with Crippen LogP contribution in [0.3, 0.4) is 0 Å². The Balaban J connectivity index is 1.46. The average molecular weight is 452 g/mol. The number of aromatic nitrogens is 3. The number of aliphatic hydroxyl groups is 3. The number of aliphatic hydroxyl groups excluding tert-OH is 2. The van der Waals surface area contributed by atoms with Crippen molar-refractivity contribution in [3.8, 4) is 0 Å². The standard InChI is InChI=1S/C24H29N5O4/c1-24(33,15-7-6-13-4-5-14(13)10-15)17-11-18(20(31)19(17)30)29-9-8-16-21(25-12-26-22(16)29)27-23(32)28(2)3/h6-10,12,17-20,30-31,33H,4-5,11H2,1-3H3,(H,25,26,27,32)/t17-,18+,19+,20-,24?/m0/s1. The Labute approximate surface area is 191 Å². The fourth-order valence-electron chi connectivity index (χ4n) is 5.12. The van der Waals surface area contributed by atoms with Crippen LogP contribution in [0.5, 0.6) is 0 Å². The fraction of sp³-hybridized carbons (Fsp3) is 0.458. The van der Waals surface area contributed by atoms with Crippen LogP contribution >= 0.6 is 0 Å². The first-order chi connectivity index (χ1) is 15.7. The Morgan fingerprint density at radius 1 is 1.15 bits per heavy atom. The third-order valence-corrected chi connectivity index (χ3v) is 7.33. The number of rotatable bonds is 4. The number of nitrogens with one attached hydrogen (secondary N) is 1. The SMILES string of the molecule is CN(C)C(=O)Nc1ncnc2c1ccn2[C@@H]1C[C@H](C(C)(O)c2ccc3c(c2)CC3)[C@@H](O)[C@H]1O. The van der Waals surface area contributed by atoms with Gasteiger partial charge in [0, 0.05) is 26.2 Å². The number of nitrogens with zero attached hydrogens (tertiary/aromatic N) is 4. The molecule has 3 aromatic rings. The van der Waals surface area contributed by atoms with Crippen molar-refractivity contribution in [1.82, 2.24) is 19.4 Å². The first-order valence-electron chi connectivity index (χ1n) is 11.2. The van der Waals surface area contributed by atoms with Gasteiger partial charge in [0.25, 0.3) is 0 Å². The Hall–Kier alpha value is -3.01. The highest BCUT2D eigenvalue weighted by molar-refractivity contribution is 5.97. The van der Waals surface area contributed by atoms with Gasteiger partial charge in [-0.25, -0.2) is 14.8 Å². The van der Waals surface area contributed by atoms with E-state index in [-0.39, 0.29) is 6.03 Å². The van der Waals surface area contributed by atoms with Gasteiger partial charge in [-0.3, -0.25) is 5.32 Å². The molecule has 33 heavy (non-hydrogen) atoms. The van der Waals surface area contributed by atoms with Crippen LogP contribution in [0.1, 0.15) is 36.1 Å². The lowest BCUT2D eigenvalue weighted by molar-refractivity contribution is -0.0752. The topological polar surface area (TPSA) is 124 Å². The van der Waals surface area contributed by atoms with E-state index in [1.54, 1.807) is 37.8 Å². The molecular weight excluding hydrogens is 422 g/mol. The summed E-state index contributed by atoms with van der Waals surface area (Å²) < 4.78 is 1.80. The van der Waals surface area contributed by atoms with Gasteiger partial charge in [-0.05, 0) is 48.9 Å². The second-order valence-corrected chi connectivity index (χ2v) is 9.53. The molecule has 9 nitrogen and oxygen atoms in total. The zero-order valence-corrected chi connectivity index (χ0v) is 18.9. The summed E-state index contributed by atoms with van der Waals surface area (Å²) in [5.41, 5.74) is 2.53. The van der Waals surface area contributed by atoms with Crippen LogP contribution in [-0.2, 0) is 18.4 Å². The minimum absolute atomic E-state index is 0.311. The molecule has 1 fully saturated rings. The van der Waals surface area contributed by atoms with Gasteiger partial charge >= 0.3 is 6.03 Å². The van der Waals surface area contributed by atoms with Gasteiger partial charge in [0.1, 0.15) is 23.9 Å². The van der Waals surface area contributed by atoms with Crippen LogP contribution in [-0.4, -0.2) is 67.1 Å². The Bertz CT molecular complexity index is 1220. The fourth-order valence-corrected chi connectivity index (χ4v) is 5.12. The van der Waals surface area contributed by atoms with Gasteiger partial charge in [-0.1, -0.05) is 18.2 Å². The Morgan fingerprint density at radius 2 is 1.91 bits per heavy atom. The van der Waals surface area contributed by atoms with Gasteiger partial charge in [-0.15, -0.1) is 0 Å². The number of hydrogen-bond acceptors (Lipinski definition) is 6. The highest BCUT2D eigenvalue weighted by Crippen LogP contribution is 2.46. The van der Waals surface area contributed by atoms with Crippen molar-refractivity contribution < 1.29 is 20.1 Å². The molecule has 5 rings (SSSR count). The molecule has 1 unspecified atom stereocenters. The highest BCUT2D eigenvalue weighted by atomic mass is 16.3. The Morgan fingerprint density at radius 3 is 2.58 bits per heavy atom. The number of benzene rings is 1. The van der Waals surface area contributed by atoms with Crippen LogP contribution in [0.15, 0.2) is 36.8 Å². The number of anilines is 1. The minimum Gasteiger partial charge on any atom is -0.390 e. The third-order valence-electron chi connectivity index (χ3n) is 7.33. The lowest BCUT2D eigenvalue weighted by Gasteiger charge is -2.34. The molecule has 0 radical (unpaired) electrons. The summed E-state index contributed by atoms with van der Waals surface area (Å²) in [5, 5.41) is 36.8. The second-order valence-electron chi connectivity index (χ2n) is 9.53. The van der Waals surface area contributed by atoms with E-state index in [2.05, 4.69) is 15.3 Å². The van der Waals surface area contributed by atoms with E-state index in [4.69, 9.17) is 0 Å². The molecule has 5 atom stereocenters. The van der Waals surface area contributed by atoms with Crippen molar-refractivity contribution >= 4 is 22.9 Å². The molecule has 2 aliphatic carbocycles. The summed E-state index contributed by atoms with van der Waals surface area (Å²) >= 11 is 0. The van der Waals surface area contributed by atoms with Gasteiger partial charge < -0.3 is 24.8 Å². The zero-order valence-electron chi connectivity index (χ0n) is 18.9. The van der Waals surface area contributed by atoms with Crippen molar-refractivity contribution in [3.63, 3.8) is 0 Å². The molecule has 0 bridgehead atoms. The largest absolute Gasteiger partial charge is 0.390 e. The molecule has 174 valence electrons. The normalized spacial score (nSPS) is 25.9. The molecule has 2 heterocycles. The molecule has 2 aromatic heterocycles. The quantitative estimate of drug-likeness (QED) is 0.480. The summed E-state index contributed by atoms with van der Waals surface area (Å²) in [4.78, 5) is 22.1. The number of carbonyl (C=O) groups is 1. The molecule has 1 saturated carbocycles. The molecule has 4 N–H and O–H groups in total. The molecule has 9 heteroatoms. The minimum atomic E-state index is -1.30. The molecule has 2 aliphatic rings. The van der Waals surface area contributed by atoms with Gasteiger partial charge in [0.05, 0.1) is 23.1 Å². The lowest BCUT2D eigenvalue weighted by atomic mass is 9.77. The van der Waals surface area contributed by atoms with E-state index in [1.165, 1.54) is 22.4 Å². The van der Waals surface area contributed by atoms with E-state index in [0.717, 1.165) is 18.4 Å². The predicted molar refractivity (Wildman–Crippen MR) is 123 cm³/mol. The van der Waals surface area contributed by atoms with Gasteiger partial charge in [0.15, 0.2) is 0 Å². The summed E-state index contributed by atoms with van der Waals surface area (Å²) in [5.74, 6) is -0.195. The van der Waals surface area contributed by atoms with E-state index < -0.39 is 29.8 Å². The van der Waals surface area contributed by atoms with E-state index in [0.29, 0.717) is 23.3 Å². The number of amides is 2. The molecule has 1 aromatic carbocycles. The van der Waals surface area contributed by atoms with E-state index in [9.17, 15) is 20.1 Å². The number of urea groups is 1. The maximum Gasteiger partial charge on any atom is 0.322 e. The molecule has 2 amide bonds. The third kappa shape index (κ3) is 3.47. The van der Waals surface area contributed by atoms with Crippen LogP contribution in [0.25, 0.3) is 11.0 Å². The molecular formula is C24H29N5O4. The number of hydrogen-bond donors (Lipinski definition) is 4. The van der Waals surface area contributed by atoms with Gasteiger partial charge in [-0.2, -0.15) is 0 Å². The number of fused-ring (bicyclic) bond motifs is 2. The van der Waals surface area contributed by atoms with E-state index >= 15 is 0 Å². The van der Waals surface area contributed by atoms with E-state index in [1.807, 2.05) is 18.2 Å². The monoisotopic (exact) mass is 451 g/mol. The maximum atomic E-state index is 12.1. The lowest BCUT2D eigenvalue weighted by Crippen LogP contribution is -2.40. The maximum absolute atomic E-state index is 12.1. The summed E-state index contributed by atoms with van der Waals surface area (Å²) in [6.07, 6.45) is 3.36. The number of carbonyl (C=O) groups excluding carboxylic acids is 1. The first-order valence-corrected chi connectivity index (χ1v) is 11.2. The highest BCUT2D eigenvalue weighted by Gasteiger charge is 2.51. The second kappa shape index (κ2) is 7.79. The molecule has 0 aliphatic heterocycles.